The van der Waals surface area contributed by atoms with E-state index in [9.17, 15) is 14.9 Å². The zero-order chi connectivity index (χ0) is 18.2. The summed E-state index contributed by atoms with van der Waals surface area (Å²) in [6.45, 7) is 8.66. The minimum Gasteiger partial charge on any atom is -0.357 e. The number of hydrogen-bond acceptors (Lipinski definition) is 4. The van der Waals surface area contributed by atoms with Gasteiger partial charge in [-0.15, -0.1) is 0 Å². The number of carbonyl (C=O) groups is 1. The minimum atomic E-state index is -0.437. The van der Waals surface area contributed by atoms with E-state index >= 15 is 0 Å². The third-order valence-corrected chi connectivity index (χ3v) is 2.82. The summed E-state index contributed by atoms with van der Waals surface area (Å²) in [7, 11) is 0. The second-order valence-corrected chi connectivity index (χ2v) is 6.27. The predicted octanol–water partition coefficient (Wildman–Crippen LogP) is 1.56. The largest absolute Gasteiger partial charge is 0.357 e. The van der Waals surface area contributed by atoms with Crippen molar-refractivity contribution in [1.29, 1.82) is 0 Å². The molecule has 1 aromatic rings. The van der Waals surface area contributed by atoms with Crippen molar-refractivity contribution in [2.75, 3.05) is 13.1 Å². The Bertz CT molecular complexity index is 608. The molecule has 0 radical (unpaired) electrons. The first kappa shape index (κ1) is 19.4. The fraction of sp³-hybridized carbons (Fsp3) is 0.500. The first-order valence-electron chi connectivity index (χ1n) is 7.78. The molecule has 0 fully saturated rings. The molecule has 0 bridgehead atoms. The minimum absolute atomic E-state index is 0.0326. The number of rotatable bonds is 6. The lowest BCUT2D eigenvalue weighted by Gasteiger charge is -2.21. The van der Waals surface area contributed by atoms with Gasteiger partial charge in [-0.25, -0.2) is 4.99 Å². The van der Waals surface area contributed by atoms with Crippen LogP contribution < -0.4 is 16.0 Å². The number of non-ortho nitro benzene ring substituents is 1. The fourth-order valence-electron chi connectivity index (χ4n) is 1.91. The molecule has 3 N–H and O–H groups in total. The zero-order valence-electron chi connectivity index (χ0n) is 14.5. The summed E-state index contributed by atoms with van der Waals surface area (Å²) in [6.07, 6.45) is 0. The molecule has 1 rings (SSSR count). The zero-order valence-corrected chi connectivity index (χ0v) is 14.5. The summed E-state index contributed by atoms with van der Waals surface area (Å²) in [6, 6.07) is 6.32. The van der Waals surface area contributed by atoms with Gasteiger partial charge in [0.05, 0.1) is 18.0 Å². The van der Waals surface area contributed by atoms with Gasteiger partial charge >= 0.3 is 0 Å². The Morgan fingerprint density at radius 1 is 1.29 bits per heavy atom. The maximum atomic E-state index is 11.8. The maximum absolute atomic E-state index is 11.8. The van der Waals surface area contributed by atoms with Gasteiger partial charge in [0.25, 0.3) is 5.69 Å². The van der Waals surface area contributed by atoms with Crippen molar-refractivity contribution >= 4 is 17.6 Å². The summed E-state index contributed by atoms with van der Waals surface area (Å²) < 4.78 is 0. The average Bonchev–Trinajstić information content (AvgIpc) is 2.48. The first-order chi connectivity index (χ1) is 11.2. The highest BCUT2D eigenvalue weighted by Crippen LogP contribution is 2.13. The number of nitrogens with one attached hydrogen (secondary N) is 3. The van der Waals surface area contributed by atoms with Crippen LogP contribution >= 0.6 is 0 Å². The Balaban J connectivity index is 2.67. The second-order valence-electron chi connectivity index (χ2n) is 6.27. The second kappa shape index (κ2) is 8.85. The smallest absolute Gasteiger partial charge is 0.269 e. The quantitative estimate of drug-likeness (QED) is 0.316. The number of amides is 1. The molecule has 0 unspecified atom stereocenters. The Kier molecular flexibility index (Phi) is 7.16. The molecule has 0 atom stereocenters. The third kappa shape index (κ3) is 7.57. The Morgan fingerprint density at radius 3 is 2.58 bits per heavy atom. The van der Waals surface area contributed by atoms with Crippen LogP contribution in [0.15, 0.2) is 29.3 Å². The van der Waals surface area contributed by atoms with Crippen molar-refractivity contribution in [3.05, 3.63) is 39.9 Å². The normalized spacial score (nSPS) is 11.8. The molecule has 1 aromatic carbocycles. The van der Waals surface area contributed by atoms with Crippen molar-refractivity contribution in [2.24, 2.45) is 4.99 Å². The average molecular weight is 335 g/mol. The lowest BCUT2D eigenvalue weighted by atomic mass is 10.1. The van der Waals surface area contributed by atoms with Crippen LogP contribution in [0.25, 0.3) is 0 Å². The number of carbonyl (C=O) groups excluding carboxylic acids is 1. The summed E-state index contributed by atoms with van der Waals surface area (Å²) >= 11 is 0. The Hall–Kier alpha value is -2.64. The maximum Gasteiger partial charge on any atom is 0.269 e. The van der Waals surface area contributed by atoms with Crippen molar-refractivity contribution < 1.29 is 9.72 Å². The summed E-state index contributed by atoms with van der Waals surface area (Å²) in [5, 5.41) is 19.6. The standard InChI is InChI=1S/C16H25N5O3/c1-5-17-15(19-11-14(22)20-16(2,3)4)18-10-12-7-6-8-13(9-12)21(23)24/h6-9H,5,10-11H2,1-4H3,(H,20,22)(H2,17,18,19). The number of nitro benzene ring substituents is 1. The molecule has 0 saturated carbocycles. The van der Waals surface area contributed by atoms with Crippen LogP contribution in [0.5, 0.6) is 0 Å². The van der Waals surface area contributed by atoms with Gasteiger partial charge < -0.3 is 16.0 Å². The molecular formula is C16H25N5O3. The van der Waals surface area contributed by atoms with Gasteiger partial charge in [-0.2, -0.15) is 0 Å². The lowest BCUT2D eigenvalue weighted by molar-refractivity contribution is -0.384. The molecule has 132 valence electrons. The van der Waals surface area contributed by atoms with Crippen molar-refractivity contribution in [1.82, 2.24) is 16.0 Å². The number of nitrogens with zero attached hydrogens (tertiary/aromatic N) is 2. The summed E-state index contributed by atoms with van der Waals surface area (Å²) in [5.41, 5.74) is 0.461. The van der Waals surface area contributed by atoms with E-state index in [1.807, 2.05) is 27.7 Å². The van der Waals surface area contributed by atoms with Gasteiger partial charge in [0.1, 0.15) is 0 Å². The molecule has 0 aliphatic heterocycles. The van der Waals surface area contributed by atoms with E-state index in [0.29, 0.717) is 12.5 Å². The molecule has 0 spiro atoms. The third-order valence-electron chi connectivity index (χ3n) is 2.82. The topological polar surface area (TPSA) is 109 Å². The van der Waals surface area contributed by atoms with E-state index in [2.05, 4.69) is 20.9 Å². The predicted molar refractivity (Wildman–Crippen MR) is 93.8 cm³/mol. The van der Waals surface area contributed by atoms with E-state index < -0.39 is 4.92 Å². The van der Waals surface area contributed by atoms with Gasteiger partial charge in [0.2, 0.25) is 5.91 Å². The molecular weight excluding hydrogens is 310 g/mol. The van der Waals surface area contributed by atoms with Crippen molar-refractivity contribution in [3.8, 4) is 0 Å². The molecule has 1 amide bonds. The van der Waals surface area contributed by atoms with E-state index in [-0.39, 0.29) is 30.2 Å². The molecule has 0 aliphatic rings. The SMILES string of the molecule is CCNC(=NCc1cccc([N+](=O)[O-])c1)NCC(=O)NC(C)(C)C. The van der Waals surface area contributed by atoms with Crippen molar-refractivity contribution in [3.63, 3.8) is 0 Å². The molecule has 0 aromatic heterocycles. The highest BCUT2D eigenvalue weighted by Gasteiger charge is 2.13. The van der Waals surface area contributed by atoms with Gasteiger partial charge in [-0.1, -0.05) is 12.1 Å². The summed E-state index contributed by atoms with van der Waals surface area (Å²) in [5.74, 6) is 0.344. The van der Waals surface area contributed by atoms with E-state index in [0.717, 1.165) is 5.56 Å². The van der Waals surface area contributed by atoms with E-state index in [1.54, 1.807) is 12.1 Å². The number of hydrogen-bond donors (Lipinski definition) is 3. The number of nitro groups is 1. The highest BCUT2D eigenvalue weighted by atomic mass is 16.6. The van der Waals surface area contributed by atoms with Gasteiger partial charge in [-0.05, 0) is 33.3 Å². The molecule has 8 nitrogen and oxygen atoms in total. The van der Waals surface area contributed by atoms with Crippen LogP contribution in [-0.2, 0) is 11.3 Å². The summed E-state index contributed by atoms with van der Waals surface area (Å²) in [4.78, 5) is 26.5. The van der Waals surface area contributed by atoms with Crippen LogP contribution in [0.2, 0.25) is 0 Å². The van der Waals surface area contributed by atoms with Crippen LogP contribution in [0.1, 0.15) is 33.3 Å². The fourth-order valence-corrected chi connectivity index (χ4v) is 1.91. The van der Waals surface area contributed by atoms with Gasteiger partial charge in [0, 0.05) is 24.2 Å². The monoisotopic (exact) mass is 335 g/mol. The van der Waals surface area contributed by atoms with Crippen molar-refractivity contribution in [2.45, 2.75) is 39.8 Å². The van der Waals surface area contributed by atoms with Gasteiger partial charge in [0.15, 0.2) is 5.96 Å². The highest BCUT2D eigenvalue weighted by molar-refractivity contribution is 5.86. The van der Waals surface area contributed by atoms with Crippen LogP contribution in [0.4, 0.5) is 5.69 Å². The Labute approximate surface area is 141 Å². The first-order valence-corrected chi connectivity index (χ1v) is 7.78. The van der Waals surface area contributed by atoms with Gasteiger partial charge in [-0.3, -0.25) is 14.9 Å². The van der Waals surface area contributed by atoms with E-state index in [4.69, 9.17) is 0 Å². The molecule has 0 saturated heterocycles. The van der Waals surface area contributed by atoms with Crippen LogP contribution in [0.3, 0.4) is 0 Å². The van der Waals surface area contributed by atoms with Crippen LogP contribution in [0, 0.1) is 10.1 Å². The molecule has 8 heteroatoms. The Morgan fingerprint density at radius 2 is 2.00 bits per heavy atom. The number of aliphatic imine (C=N–C) groups is 1. The molecule has 24 heavy (non-hydrogen) atoms. The molecule has 0 aliphatic carbocycles. The molecule has 0 heterocycles. The number of benzene rings is 1. The number of guanidine groups is 1. The van der Waals surface area contributed by atoms with E-state index in [1.165, 1.54) is 12.1 Å². The van der Waals surface area contributed by atoms with Crippen LogP contribution in [-0.4, -0.2) is 35.4 Å². The lowest BCUT2D eigenvalue weighted by Crippen LogP contribution is -2.48.